The molecular weight excluding hydrogens is 318 g/mol. The van der Waals surface area contributed by atoms with Crippen molar-refractivity contribution in [2.45, 2.75) is 0 Å². The molecule has 0 fully saturated rings. The number of anilines is 2. The zero-order valence-electron chi connectivity index (χ0n) is 10.8. The van der Waals surface area contributed by atoms with Gasteiger partial charge < -0.3 is 15.8 Å². The number of hydrogen-bond acceptors (Lipinski definition) is 4. The zero-order chi connectivity index (χ0) is 14.4. The largest absolute Gasteiger partial charge is 0.492 e. The Labute approximate surface area is 126 Å². The Balaban J connectivity index is 2.22. The van der Waals surface area contributed by atoms with Crippen LogP contribution in [0.15, 0.2) is 46.9 Å². The summed E-state index contributed by atoms with van der Waals surface area (Å²) in [5.74, 6) is 0.744. The van der Waals surface area contributed by atoms with E-state index in [1.54, 1.807) is 0 Å². The van der Waals surface area contributed by atoms with Crippen LogP contribution in [0.5, 0.6) is 5.75 Å². The molecule has 2 aromatic rings. The van der Waals surface area contributed by atoms with Crippen molar-refractivity contribution in [3.63, 3.8) is 0 Å². The van der Waals surface area contributed by atoms with Crippen LogP contribution in [0.3, 0.4) is 0 Å². The van der Waals surface area contributed by atoms with Gasteiger partial charge in [0.2, 0.25) is 0 Å². The van der Waals surface area contributed by atoms with Gasteiger partial charge in [-0.3, -0.25) is 0 Å². The predicted octanol–water partition coefficient (Wildman–Crippen LogP) is 3.40. The third kappa shape index (κ3) is 3.50. The number of nitriles is 1. The SMILES string of the molecule is N#Cc1c(Br)cccc1Nc1cccc(OCCN)c1. The second-order valence-electron chi connectivity index (χ2n) is 4.06. The van der Waals surface area contributed by atoms with Crippen LogP contribution in [-0.2, 0) is 0 Å². The highest BCUT2D eigenvalue weighted by Crippen LogP contribution is 2.28. The Kier molecular flexibility index (Phi) is 4.99. The first kappa shape index (κ1) is 14.4. The number of nitrogens with zero attached hydrogens (tertiary/aromatic N) is 1. The maximum Gasteiger partial charge on any atom is 0.121 e. The lowest BCUT2D eigenvalue weighted by molar-refractivity contribution is 0.328. The van der Waals surface area contributed by atoms with Crippen molar-refractivity contribution in [3.8, 4) is 11.8 Å². The van der Waals surface area contributed by atoms with Gasteiger partial charge in [-0.25, -0.2) is 0 Å². The van der Waals surface area contributed by atoms with Gasteiger partial charge in [0.25, 0.3) is 0 Å². The van der Waals surface area contributed by atoms with E-state index in [1.807, 2.05) is 42.5 Å². The molecule has 4 nitrogen and oxygen atoms in total. The van der Waals surface area contributed by atoms with Crippen molar-refractivity contribution in [2.75, 3.05) is 18.5 Å². The van der Waals surface area contributed by atoms with E-state index in [1.165, 1.54) is 0 Å². The molecule has 0 saturated carbocycles. The average Bonchev–Trinajstić information content (AvgIpc) is 2.46. The molecule has 0 unspecified atom stereocenters. The Morgan fingerprint density at radius 2 is 2.05 bits per heavy atom. The molecule has 0 atom stereocenters. The van der Waals surface area contributed by atoms with E-state index < -0.39 is 0 Å². The molecule has 0 aliphatic carbocycles. The molecule has 0 heterocycles. The van der Waals surface area contributed by atoms with Gasteiger partial charge in [0.05, 0.1) is 11.3 Å². The van der Waals surface area contributed by atoms with Crippen molar-refractivity contribution in [2.24, 2.45) is 5.73 Å². The van der Waals surface area contributed by atoms with Gasteiger partial charge in [-0.2, -0.15) is 5.26 Å². The molecule has 0 radical (unpaired) electrons. The van der Waals surface area contributed by atoms with Crippen molar-refractivity contribution >= 4 is 27.3 Å². The third-order valence-electron chi connectivity index (χ3n) is 2.63. The van der Waals surface area contributed by atoms with E-state index in [4.69, 9.17) is 10.5 Å². The Hall–Kier alpha value is -2.03. The summed E-state index contributed by atoms with van der Waals surface area (Å²) < 4.78 is 6.24. The Morgan fingerprint density at radius 1 is 1.25 bits per heavy atom. The van der Waals surface area contributed by atoms with Crippen LogP contribution in [0.4, 0.5) is 11.4 Å². The van der Waals surface area contributed by atoms with Crippen molar-refractivity contribution in [1.82, 2.24) is 0 Å². The minimum Gasteiger partial charge on any atom is -0.492 e. The lowest BCUT2D eigenvalue weighted by Crippen LogP contribution is -2.10. The number of halogens is 1. The van der Waals surface area contributed by atoms with Crippen molar-refractivity contribution in [1.29, 1.82) is 5.26 Å². The molecular formula is C15H14BrN3O. The summed E-state index contributed by atoms with van der Waals surface area (Å²) in [6.45, 7) is 0.950. The number of nitrogens with one attached hydrogen (secondary N) is 1. The Morgan fingerprint density at radius 3 is 2.80 bits per heavy atom. The van der Waals surface area contributed by atoms with Crippen molar-refractivity contribution < 1.29 is 4.74 Å². The molecule has 0 spiro atoms. The fraction of sp³-hybridized carbons (Fsp3) is 0.133. The Bertz CT molecular complexity index is 637. The van der Waals surface area contributed by atoms with Crippen LogP contribution < -0.4 is 15.8 Å². The molecule has 0 saturated heterocycles. The highest BCUT2D eigenvalue weighted by molar-refractivity contribution is 9.10. The van der Waals surface area contributed by atoms with E-state index in [0.29, 0.717) is 18.7 Å². The second kappa shape index (κ2) is 6.94. The molecule has 20 heavy (non-hydrogen) atoms. The molecule has 0 amide bonds. The molecule has 3 N–H and O–H groups in total. The monoisotopic (exact) mass is 331 g/mol. The molecule has 5 heteroatoms. The first-order valence-electron chi connectivity index (χ1n) is 6.13. The van der Waals surface area contributed by atoms with Crippen LogP contribution in [-0.4, -0.2) is 13.2 Å². The minimum atomic E-state index is 0.474. The summed E-state index contributed by atoms with van der Waals surface area (Å²) in [6, 6.07) is 15.3. The van der Waals surface area contributed by atoms with Gasteiger partial charge in [0, 0.05) is 22.8 Å². The molecule has 2 rings (SSSR count). The maximum absolute atomic E-state index is 9.19. The van der Waals surface area contributed by atoms with E-state index in [-0.39, 0.29) is 0 Å². The van der Waals surface area contributed by atoms with Crippen LogP contribution in [0, 0.1) is 11.3 Å². The maximum atomic E-state index is 9.19. The lowest BCUT2D eigenvalue weighted by Gasteiger charge is -2.11. The number of nitrogens with two attached hydrogens (primary N) is 1. The second-order valence-corrected chi connectivity index (χ2v) is 4.92. The number of benzene rings is 2. The summed E-state index contributed by atoms with van der Waals surface area (Å²) in [7, 11) is 0. The topological polar surface area (TPSA) is 71.1 Å². The smallest absolute Gasteiger partial charge is 0.121 e. The highest BCUT2D eigenvalue weighted by atomic mass is 79.9. The van der Waals surface area contributed by atoms with Gasteiger partial charge >= 0.3 is 0 Å². The van der Waals surface area contributed by atoms with E-state index in [0.717, 1.165) is 21.6 Å². The fourth-order valence-electron chi connectivity index (χ4n) is 1.74. The number of rotatable bonds is 5. The normalized spacial score (nSPS) is 9.85. The minimum absolute atomic E-state index is 0.474. The molecule has 0 bridgehead atoms. The number of hydrogen-bond donors (Lipinski definition) is 2. The third-order valence-corrected chi connectivity index (χ3v) is 3.29. The standard InChI is InChI=1S/C15H14BrN3O/c16-14-5-2-6-15(13(14)10-18)19-11-3-1-4-12(9-11)20-8-7-17/h1-6,9,19H,7-8,17H2. The van der Waals surface area contributed by atoms with Crippen LogP contribution in [0.25, 0.3) is 0 Å². The molecule has 0 aliphatic heterocycles. The summed E-state index contributed by atoms with van der Waals surface area (Å²) in [5.41, 5.74) is 7.58. The van der Waals surface area contributed by atoms with E-state index in [2.05, 4.69) is 27.3 Å². The highest BCUT2D eigenvalue weighted by Gasteiger charge is 2.06. The first-order valence-corrected chi connectivity index (χ1v) is 6.92. The summed E-state index contributed by atoms with van der Waals surface area (Å²) in [4.78, 5) is 0. The number of ether oxygens (including phenoxy) is 1. The fourth-order valence-corrected chi connectivity index (χ4v) is 2.19. The molecule has 0 aromatic heterocycles. The predicted molar refractivity (Wildman–Crippen MR) is 83.1 cm³/mol. The molecule has 0 aliphatic rings. The van der Waals surface area contributed by atoms with Crippen LogP contribution in [0.1, 0.15) is 5.56 Å². The zero-order valence-corrected chi connectivity index (χ0v) is 12.4. The molecule has 2 aromatic carbocycles. The quantitative estimate of drug-likeness (QED) is 0.880. The van der Waals surface area contributed by atoms with E-state index >= 15 is 0 Å². The van der Waals surface area contributed by atoms with Crippen LogP contribution >= 0.6 is 15.9 Å². The van der Waals surface area contributed by atoms with Crippen LogP contribution in [0.2, 0.25) is 0 Å². The summed E-state index contributed by atoms with van der Waals surface area (Å²) in [5, 5.41) is 12.4. The van der Waals surface area contributed by atoms with Gasteiger partial charge in [0.15, 0.2) is 0 Å². The van der Waals surface area contributed by atoms with Crippen molar-refractivity contribution in [3.05, 3.63) is 52.5 Å². The first-order chi connectivity index (χ1) is 9.74. The lowest BCUT2D eigenvalue weighted by atomic mass is 10.2. The van der Waals surface area contributed by atoms with E-state index in [9.17, 15) is 5.26 Å². The van der Waals surface area contributed by atoms with Gasteiger partial charge in [-0.05, 0) is 40.2 Å². The molecule has 102 valence electrons. The van der Waals surface area contributed by atoms with Gasteiger partial charge in [-0.15, -0.1) is 0 Å². The average molecular weight is 332 g/mol. The van der Waals surface area contributed by atoms with Gasteiger partial charge in [-0.1, -0.05) is 12.1 Å². The summed E-state index contributed by atoms with van der Waals surface area (Å²) in [6.07, 6.45) is 0. The summed E-state index contributed by atoms with van der Waals surface area (Å²) >= 11 is 3.37. The van der Waals surface area contributed by atoms with Gasteiger partial charge in [0.1, 0.15) is 18.4 Å².